The number of hydrogen-bond donors (Lipinski definition) is 2. The largest absolute Gasteiger partial charge is 0.346 e. The van der Waals surface area contributed by atoms with E-state index >= 15 is 8.78 Å². The molecule has 0 spiro atoms. The molecule has 4 heterocycles. The number of carbonyl (C=O) groups is 1. The summed E-state index contributed by atoms with van der Waals surface area (Å²) in [7, 11) is -3.77. The van der Waals surface area contributed by atoms with Gasteiger partial charge in [-0.05, 0) is 75.1 Å². The first-order valence-corrected chi connectivity index (χ1v) is 19.0. The summed E-state index contributed by atoms with van der Waals surface area (Å²) in [6.07, 6.45) is -1.31. The van der Waals surface area contributed by atoms with E-state index < -0.39 is 81.1 Å². The summed E-state index contributed by atoms with van der Waals surface area (Å²) in [6, 6.07) is 7.89. The van der Waals surface area contributed by atoms with Crippen LogP contribution in [0.4, 0.5) is 32.3 Å². The van der Waals surface area contributed by atoms with E-state index in [-0.39, 0.29) is 47.0 Å². The van der Waals surface area contributed by atoms with E-state index in [0.717, 1.165) is 18.4 Å². The number of amides is 1. The van der Waals surface area contributed by atoms with E-state index in [4.69, 9.17) is 4.98 Å². The van der Waals surface area contributed by atoms with Crippen molar-refractivity contribution in [1.29, 1.82) is 0 Å². The molecule has 0 radical (unpaired) electrons. The van der Waals surface area contributed by atoms with Gasteiger partial charge in [0.15, 0.2) is 5.65 Å². The van der Waals surface area contributed by atoms with Gasteiger partial charge in [-0.15, -0.1) is 16.1 Å². The number of pyridine rings is 2. The number of alkyl halides is 4. The summed E-state index contributed by atoms with van der Waals surface area (Å²) in [5.74, 6) is 2.11. The number of benzene rings is 1. The standard InChI is InChI=1S/C38H32F6N8O3S/c1-37(2,3)13-12-23-10-11-24(25-8-6-14-51-35(25)47-48-36(51)50-56(4,54)55)31(45-23)28(17-20-15-21(39)18-22(40)16-20)46-29(53)19-52-33-30(32(49-52)34(41)42)26-7-5-9-27(26)38(33,43)44/h6,8,10-11,14-16,18,26-28,34H,9,17,19H2,1-4H3,(H,46,53)(H,48,50)/t26-,27+,28-/m0/s1. The van der Waals surface area contributed by atoms with Gasteiger partial charge in [0.25, 0.3) is 12.3 Å². The van der Waals surface area contributed by atoms with Crippen molar-refractivity contribution >= 4 is 27.5 Å². The molecule has 2 aliphatic rings. The maximum atomic E-state index is 15.8. The van der Waals surface area contributed by atoms with Crippen LogP contribution in [0.1, 0.15) is 79.5 Å². The summed E-state index contributed by atoms with van der Waals surface area (Å²) in [4.78, 5) is 18.7. The average Bonchev–Trinajstić information content (AvgIpc) is 3.86. The highest BCUT2D eigenvalue weighted by molar-refractivity contribution is 7.92. The van der Waals surface area contributed by atoms with Crippen molar-refractivity contribution in [2.45, 2.75) is 64.5 Å². The number of rotatable bonds is 10. The van der Waals surface area contributed by atoms with Gasteiger partial charge in [-0.2, -0.15) is 13.9 Å². The third-order valence-electron chi connectivity index (χ3n) is 9.11. The quantitative estimate of drug-likeness (QED) is 0.125. The Kier molecular flexibility index (Phi) is 9.60. The van der Waals surface area contributed by atoms with Gasteiger partial charge in [-0.25, -0.2) is 31.0 Å². The van der Waals surface area contributed by atoms with Crippen LogP contribution in [-0.2, 0) is 33.7 Å². The van der Waals surface area contributed by atoms with Crippen molar-refractivity contribution in [2.24, 2.45) is 11.3 Å². The monoisotopic (exact) mass is 794 g/mol. The first kappa shape index (κ1) is 38.4. The maximum absolute atomic E-state index is 15.8. The number of anilines is 1. The lowest BCUT2D eigenvalue weighted by Gasteiger charge is -2.23. The van der Waals surface area contributed by atoms with Crippen molar-refractivity contribution in [3.8, 4) is 34.8 Å². The molecule has 5 aromatic rings. The Morgan fingerprint density at radius 2 is 1.80 bits per heavy atom. The molecule has 18 heteroatoms. The first-order valence-electron chi connectivity index (χ1n) is 17.1. The molecule has 7 rings (SSSR count). The highest BCUT2D eigenvalue weighted by atomic mass is 32.2. The number of aromatic nitrogens is 6. The van der Waals surface area contributed by atoms with Crippen molar-refractivity contribution in [1.82, 2.24) is 34.7 Å². The van der Waals surface area contributed by atoms with E-state index in [9.17, 15) is 30.8 Å². The van der Waals surface area contributed by atoms with Crippen LogP contribution in [0.5, 0.6) is 0 Å². The molecular formula is C38H32F6N8O3S. The highest BCUT2D eigenvalue weighted by Gasteiger charge is 2.59. The second kappa shape index (κ2) is 14.0. The number of sulfonamides is 1. The van der Waals surface area contributed by atoms with E-state index in [1.54, 1.807) is 24.3 Å². The van der Waals surface area contributed by atoms with Gasteiger partial charge in [-0.1, -0.05) is 11.8 Å². The minimum atomic E-state index is -3.77. The molecule has 0 saturated heterocycles. The molecule has 3 atom stereocenters. The van der Waals surface area contributed by atoms with E-state index in [0.29, 0.717) is 21.9 Å². The summed E-state index contributed by atoms with van der Waals surface area (Å²) < 4.78 is 117. The zero-order valence-electron chi connectivity index (χ0n) is 30.1. The van der Waals surface area contributed by atoms with Gasteiger partial charge in [0, 0.05) is 40.8 Å². The third-order valence-corrected chi connectivity index (χ3v) is 9.66. The van der Waals surface area contributed by atoms with Crippen LogP contribution in [0.2, 0.25) is 0 Å². The molecule has 11 nitrogen and oxygen atoms in total. The summed E-state index contributed by atoms with van der Waals surface area (Å²) in [6.45, 7) is 4.70. The van der Waals surface area contributed by atoms with Crippen LogP contribution in [-0.4, -0.2) is 49.9 Å². The molecule has 1 amide bonds. The number of halogens is 6. The normalized spacial score (nSPS) is 17.5. The number of fused-ring (bicyclic) bond motifs is 4. The fourth-order valence-electron chi connectivity index (χ4n) is 6.92. The van der Waals surface area contributed by atoms with Crippen molar-refractivity contribution < 1.29 is 39.6 Å². The van der Waals surface area contributed by atoms with Gasteiger partial charge >= 0.3 is 0 Å². The molecule has 0 aliphatic heterocycles. The lowest BCUT2D eigenvalue weighted by molar-refractivity contribution is -0.123. The van der Waals surface area contributed by atoms with Gasteiger partial charge in [0.05, 0.1) is 29.8 Å². The molecule has 290 valence electrons. The Balaban J connectivity index is 1.36. The van der Waals surface area contributed by atoms with Crippen molar-refractivity contribution in [3.05, 3.63) is 94.2 Å². The van der Waals surface area contributed by atoms with Crippen LogP contribution in [0.3, 0.4) is 0 Å². The molecule has 0 unspecified atom stereocenters. The zero-order chi connectivity index (χ0) is 40.3. The Morgan fingerprint density at radius 3 is 2.48 bits per heavy atom. The second-order valence-electron chi connectivity index (χ2n) is 14.6. The fourth-order valence-corrected chi connectivity index (χ4v) is 7.39. The summed E-state index contributed by atoms with van der Waals surface area (Å²) in [5, 5.41) is 14.6. The molecule has 56 heavy (non-hydrogen) atoms. The van der Waals surface area contributed by atoms with Crippen LogP contribution in [0.25, 0.3) is 16.8 Å². The number of hydrogen-bond acceptors (Lipinski definition) is 7. The third kappa shape index (κ3) is 7.53. The molecule has 4 aromatic heterocycles. The first-order chi connectivity index (χ1) is 26.3. The van der Waals surface area contributed by atoms with E-state index in [2.05, 4.69) is 49.0 Å². The second-order valence-corrected chi connectivity index (χ2v) is 16.3. The minimum Gasteiger partial charge on any atom is -0.346 e. The highest BCUT2D eigenvalue weighted by Crippen LogP contribution is 2.57. The van der Waals surface area contributed by atoms with Crippen LogP contribution in [0.15, 0.2) is 48.7 Å². The Morgan fingerprint density at radius 1 is 1.07 bits per heavy atom. The molecule has 2 aliphatic carbocycles. The smallest absolute Gasteiger partial charge is 0.294 e. The van der Waals surface area contributed by atoms with Crippen LogP contribution >= 0.6 is 0 Å². The molecular weight excluding hydrogens is 763 g/mol. The van der Waals surface area contributed by atoms with Crippen LogP contribution < -0.4 is 10.0 Å². The predicted molar refractivity (Wildman–Crippen MR) is 192 cm³/mol. The minimum absolute atomic E-state index is 0.0740. The Bertz CT molecular complexity index is 2630. The molecule has 2 N–H and O–H groups in total. The maximum Gasteiger partial charge on any atom is 0.294 e. The lowest BCUT2D eigenvalue weighted by Crippen LogP contribution is -2.35. The number of nitrogens with zero attached hydrogens (tertiary/aromatic N) is 6. The summed E-state index contributed by atoms with van der Waals surface area (Å²) in [5.41, 5.74) is -1.37. The molecule has 0 bridgehead atoms. The topological polar surface area (TPSA) is 136 Å². The predicted octanol–water partition coefficient (Wildman–Crippen LogP) is 6.29. The van der Waals surface area contributed by atoms with Gasteiger partial charge in [0.1, 0.15) is 35.3 Å². The number of nitrogens with one attached hydrogen (secondary N) is 2. The lowest BCUT2D eigenvalue weighted by atomic mass is 9.93. The molecule has 1 aromatic carbocycles. The summed E-state index contributed by atoms with van der Waals surface area (Å²) >= 11 is 0. The fraction of sp³-hybridized carbons (Fsp3) is 0.342. The van der Waals surface area contributed by atoms with Crippen molar-refractivity contribution in [2.75, 3.05) is 11.0 Å². The Labute approximate surface area is 317 Å². The zero-order valence-corrected chi connectivity index (χ0v) is 31.0. The van der Waals surface area contributed by atoms with Gasteiger partial charge in [-0.3, -0.25) is 18.6 Å². The van der Waals surface area contributed by atoms with Crippen LogP contribution in [0, 0.1) is 46.6 Å². The molecule has 0 fully saturated rings. The van der Waals surface area contributed by atoms with E-state index in [1.165, 1.54) is 10.6 Å². The van der Waals surface area contributed by atoms with Crippen molar-refractivity contribution in [3.63, 3.8) is 0 Å². The Hall–Kier alpha value is -5.88. The molecule has 0 saturated carbocycles. The van der Waals surface area contributed by atoms with E-state index in [1.807, 2.05) is 20.8 Å². The average molecular weight is 795 g/mol. The van der Waals surface area contributed by atoms with Gasteiger partial charge < -0.3 is 5.32 Å². The number of carbonyl (C=O) groups excluding carboxylic acids is 1. The SMILES string of the molecule is CC(C)(C)C#Cc1ccc(-c2cccn3c(NS(C)(=O)=O)nnc23)c([C@H](Cc2cc(F)cc(F)c2)NC(=O)Cn2nc(C(F)F)c3c2C(F)(F)[C@@H]2CC#C[C@H]32)n1. The van der Waals surface area contributed by atoms with Gasteiger partial charge in [0.2, 0.25) is 21.9 Å².